The van der Waals surface area contributed by atoms with Gasteiger partial charge < -0.3 is 10.6 Å². The molecule has 2 rings (SSSR count). The van der Waals surface area contributed by atoms with Crippen molar-refractivity contribution in [3.05, 3.63) is 11.1 Å². The van der Waals surface area contributed by atoms with Gasteiger partial charge in [-0.1, -0.05) is 0 Å². The van der Waals surface area contributed by atoms with Gasteiger partial charge in [-0.25, -0.2) is 4.98 Å². The van der Waals surface area contributed by atoms with E-state index in [0.29, 0.717) is 11.2 Å². The Morgan fingerprint density at radius 1 is 1.65 bits per heavy atom. The second-order valence-corrected chi connectivity index (χ2v) is 5.60. The number of amides is 1. The van der Waals surface area contributed by atoms with E-state index >= 15 is 0 Å². The first-order chi connectivity index (χ1) is 8.06. The lowest BCUT2D eigenvalue weighted by molar-refractivity contribution is -0.131. The minimum atomic E-state index is 0.165. The topological polar surface area (TPSA) is 62.5 Å². The van der Waals surface area contributed by atoms with Gasteiger partial charge in [0.2, 0.25) is 5.91 Å². The number of carbonyl (C=O) groups excluding carboxylic acids is 1. The van der Waals surface area contributed by atoms with Gasteiger partial charge in [-0.05, 0) is 6.92 Å². The van der Waals surface area contributed by atoms with Gasteiger partial charge in [-0.2, -0.15) is 0 Å². The summed E-state index contributed by atoms with van der Waals surface area (Å²) in [5.74, 6) is 0.165. The lowest BCUT2D eigenvalue weighted by Crippen LogP contribution is -2.52. The molecule has 0 saturated carbocycles. The molecule has 0 radical (unpaired) electrons. The van der Waals surface area contributed by atoms with Crippen molar-refractivity contribution in [1.82, 2.24) is 14.8 Å². The highest BCUT2D eigenvalue weighted by molar-refractivity contribution is 7.15. The minimum Gasteiger partial charge on any atom is -0.375 e. The van der Waals surface area contributed by atoms with Crippen molar-refractivity contribution in [2.45, 2.75) is 26.4 Å². The summed E-state index contributed by atoms with van der Waals surface area (Å²) in [4.78, 5) is 20.8. The number of anilines is 1. The highest BCUT2D eigenvalue weighted by atomic mass is 32.1. The number of hydrogen-bond acceptors (Lipinski definition) is 5. The number of nitrogens with two attached hydrogens (primary N) is 1. The quantitative estimate of drug-likeness (QED) is 0.847. The zero-order valence-corrected chi connectivity index (χ0v) is 11.0. The highest BCUT2D eigenvalue weighted by Gasteiger charge is 2.25. The zero-order valence-electron chi connectivity index (χ0n) is 10.2. The van der Waals surface area contributed by atoms with Crippen LogP contribution in [0, 0.1) is 0 Å². The van der Waals surface area contributed by atoms with Crippen molar-refractivity contribution in [3.8, 4) is 0 Å². The molecule has 1 aromatic rings. The van der Waals surface area contributed by atoms with Gasteiger partial charge >= 0.3 is 0 Å². The number of piperazine rings is 1. The van der Waals surface area contributed by atoms with Crippen LogP contribution in [0.1, 0.15) is 18.7 Å². The Morgan fingerprint density at radius 3 is 2.94 bits per heavy atom. The highest BCUT2D eigenvalue weighted by Crippen LogP contribution is 2.19. The van der Waals surface area contributed by atoms with Crippen LogP contribution >= 0.6 is 11.3 Å². The molecule has 2 N–H and O–H groups in total. The molecule has 1 amide bonds. The molecule has 0 aromatic carbocycles. The van der Waals surface area contributed by atoms with Gasteiger partial charge in [0, 0.05) is 50.2 Å². The van der Waals surface area contributed by atoms with Crippen molar-refractivity contribution in [3.63, 3.8) is 0 Å². The lowest BCUT2D eigenvalue weighted by Gasteiger charge is -2.39. The number of rotatable bonds is 2. The predicted octanol–water partition coefficient (Wildman–Crippen LogP) is 0.778. The molecule has 17 heavy (non-hydrogen) atoms. The SMILES string of the molecule is CC(=O)N1CCN(Cc2cnc(N)s2)C(C)C1. The van der Waals surface area contributed by atoms with Crippen LogP contribution in [0.5, 0.6) is 0 Å². The predicted molar refractivity (Wildman–Crippen MR) is 68.7 cm³/mol. The summed E-state index contributed by atoms with van der Waals surface area (Å²) in [6, 6.07) is 0.385. The zero-order chi connectivity index (χ0) is 12.4. The fraction of sp³-hybridized carbons (Fsp3) is 0.636. The molecular weight excluding hydrogens is 236 g/mol. The number of thiazole rings is 1. The van der Waals surface area contributed by atoms with Crippen molar-refractivity contribution in [2.24, 2.45) is 0 Å². The number of aromatic nitrogens is 1. The molecule has 0 aliphatic carbocycles. The van der Waals surface area contributed by atoms with Crippen molar-refractivity contribution >= 4 is 22.4 Å². The Balaban J connectivity index is 1.93. The Bertz CT molecular complexity index is 406. The van der Waals surface area contributed by atoms with Crippen LogP contribution in [-0.2, 0) is 11.3 Å². The average Bonchev–Trinajstić information content (AvgIpc) is 2.67. The fourth-order valence-electron chi connectivity index (χ4n) is 2.11. The minimum absolute atomic E-state index is 0.165. The molecule has 1 saturated heterocycles. The normalized spacial score (nSPS) is 21.8. The molecular formula is C11H18N4OS. The summed E-state index contributed by atoms with van der Waals surface area (Å²) in [7, 11) is 0. The Hall–Kier alpha value is -1.14. The van der Waals surface area contributed by atoms with E-state index in [1.165, 1.54) is 16.2 Å². The van der Waals surface area contributed by atoms with Gasteiger partial charge in [0.15, 0.2) is 5.13 Å². The second kappa shape index (κ2) is 5.01. The molecule has 0 spiro atoms. The first-order valence-electron chi connectivity index (χ1n) is 5.76. The van der Waals surface area contributed by atoms with E-state index in [2.05, 4.69) is 16.8 Å². The van der Waals surface area contributed by atoms with E-state index in [9.17, 15) is 4.79 Å². The van der Waals surface area contributed by atoms with Crippen LogP contribution in [0.25, 0.3) is 0 Å². The average molecular weight is 254 g/mol. The van der Waals surface area contributed by atoms with Crippen LogP contribution in [-0.4, -0.2) is 46.4 Å². The Labute approximate surface area is 105 Å². The van der Waals surface area contributed by atoms with Crippen molar-refractivity contribution in [2.75, 3.05) is 25.4 Å². The summed E-state index contributed by atoms with van der Waals surface area (Å²) in [6.45, 7) is 7.20. The third-order valence-corrected chi connectivity index (χ3v) is 3.95. The smallest absolute Gasteiger partial charge is 0.219 e. The number of nitrogens with zero attached hydrogens (tertiary/aromatic N) is 3. The molecule has 1 aromatic heterocycles. The second-order valence-electron chi connectivity index (χ2n) is 4.45. The van der Waals surface area contributed by atoms with E-state index in [4.69, 9.17) is 5.73 Å². The van der Waals surface area contributed by atoms with Crippen LogP contribution in [0.4, 0.5) is 5.13 Å². The molecule has 6 heteroatoms. The molecule has 5 nitrogen and oxygen atoms in total. The molecule has 94 valence electrons. The van der Waals surface area contributed by atoms with E-state index in [1.807, 2.05) is 11.1 Å². The molecule has 1 unspecified atom stereocenters. The third kappa shape index (κ3) is 2.95. The van der Waals surface area contributed by atoms with E-state index in [1.54, 1.807) is 6.92 Å². The van der Waals surface area contributed by atoms with Gasteiger partial charge in [-0.15, -0.1) is 11.3 Å². The summed E-state index contributed by atoms with van der Waals surface area (Å²) in [5.41, 5.74) is 5.62. The summed E-state index contributed by atoms with van der Waals surface area (Å²) >= 11 is 1.53. The molecule has 2 heterocycles. The van der Waals surface area contributed by atoms with Crippen molar-refractivity contribution in [1.29, 1.82) is 0 Å². The first-order valence-corrected chi connectivity index (χ1v) is 6.57. The summed E-state index contributed by atoms with van der Waals surface area (Å²) in [5, 5.41) is 0.620. The maximum Gasteiger partial charge on any atom is 0.219 e. The summed E-state index contributed by atoms with van der Waals surface area (Å²) < 4.78 is 0. The maximum atomic E-state index is 11.3. The van der Waals surface area contributed by atoms with Crippen molar-refractivity contribution < 1.29 is 4.79 Å². The van der Waals surface area contributed by atoms with Crippen LogP contribution in [0.15, 0.2) is 6.20 Å². The van der Waals surface area contributed by atoms with Gasteiger partial charge in [0.1, 0.15) is 0 Å². The Morgan fingerprint density at radius 2 is 2.41 bits per heavy atom. The van der Waals surface area contributed by atoms with E-state index in [-0.39, 0.29) is 5.91 Å². The van der Waals surface area contributed by atoms with Crippen LogP contribution < -0.4 is 5.73 Å². The lowest BCUT2D eigenvalue weighted by atomic mass is 10.2. The van der Waals surface area contributed by atoms with Crippen LogP contribution in [0.3, 0.4) is 0 Å². The maximum absolute atomic E-state index is 11.3. The van der Waals surface area contributed by atoms with E-state index < -0.39 is 0 Å². The number of carbonyl (C=O) groups is 1. The molecule has 1 atom stereocenters. The third-order valence-electron chi connectivity index (χ3n) is 3.14. The number of hydrogen-bond donors (Lipinski definition) is 1. The molecule has 1 fully saturated rings. The number of nitrogen functional groups attached to an aromatic ring is 1. The van der Waals surface area contributed by atoms with Gasteiger partial charge in [-0.3, -0.25) is 9.69 Å². The van der Waals surface area contributed by atoms with Gasteiger partial charge in [0.05, 0.1) is 0 Å². The standard InChI is InChI=1S/C11H18N4OS/c1-8-6-15(9(2)16)4-3-14(8)7-10-5-13-11(12)17-10/h5,8H,3-4,6-7H2,1-2H3,(H2,12,13). The molecule has 0 bridgehead atoms. The van der Waals surface area contributed by atoms with Gasteiger partial charge in [0.25, 0.3) is 0 Å². The molecule has 1 aliphatic heterocycles. The largest absolute Gasteiger partial charge is 0.375 e. The van der Waals surface area contributed by atoms with Crippen LogP contribution in [0.2, 0.25) is 0 Å². The Kier molecular flexibility index (Phi) is 3.63. The monoisotopic (exact) mass is 254 g/mol. The molecule has 1 aliphatic rings. The van der Waals surface area contributed by atoms with E-state index in [0.717, 1.165) is 26.2 Å². The first kappa shape index (κ1) is 12.3. The fourth-order valence-corrected chi connectivity index (χ4v) is 2.82. The summed E-state index contributed by atoms with van der Waals surface area (Å²) in [6.07, 6.45) is 1.84.